The van der Waals surface area contributed by atoms with Crippen LogP contribution in [-0.4, -0.2) is 39.7 Å². The predicted octanol–water partition coefficient (Wildman–Crippen LogP) is 3.43. The molecule has 7 nitrogen and oxygen atoms in total. The molecule has 0 saturated carbocycles. The molecule has 2 aromatic rings. The van der Waals surface area contributed by atoms with Crippen molar-refractivity contribution in [1.82, 2.24) is 5.32 Å². The van der Waals surface area contributed by atoms with Gasteiger partial charge in [0.25, 0.3) is 5.24 Å². The van der Waals surface area contributed by atoms with Gasteiger partial charge in [0.2, 0.25) is 5.91 Å². The molecule has 1 aliphatic rings. The van der Waals surface area contributed by atoms with Crippen molar-refractivity contribution in [3.8, 4) is 11.5 Å². The van der Waals surface area contributed by atoms with Crippen molar-refractivity contribution >= 4 is 28.9 Å². The van der Waals surface area contributed by atoms with Gasteiger partial charge < -0.3 is 15.6 Å². The molecule has 1 heterocycles. The molecule has 2 unspecified atom stereocenters. The standard InChI is InChI=1S/C21H19F3N2O5S/c22-21(23,24)10-13-7-12(8-15(25)19(28)29)3-6-16(13)31-14-4-1-11(2-5-14)9-17-18(27)26-20(30)32-17/h1-7,15,17H,8-10,25H2,(H,28,29)(H,26,27,30). The minimum Gasteiger partial charge on any atom is -0.480 e. The third-order valence-corrected chi connectivity index (χ3v) is 5.61. The molecule has 1 fully saturated rings. The molecular weight excluding hydrogens is 449 g/mol. The fourth-order valence-corrected chi connectivity index (χ4v) is 3.98. The van der Waals surface area contributed by atoms with Crippen LogP contribution in [0.2, 0.25) is 0 Å². The van der Waals surface area contributed by atoms with Crippen LogP contribution in [0.5, 0.6) is 11.5 Å². The minimum absolute atomic E-state index is 0.0148. The Labute approximate surface area is 185 Å². The quantitative estimate of drug-likeness (QED) is 0.543. The van der Waals surface area contributed by atoms with Crippen LogP contribution in [0.1, 0.15) is 16.7 Å². The van der Waals surface area contributed by atoms with Crippen LogP contribution in [0.4, 0.5) is 18.0 Å². The third kappa shape index (κ3) is 6.47. The zero-order chi connectivity index (χ0) is 23.5. The molecule has 4 N–H and O–H groups in total. The van der Waals surface area contributed by atoms with Gasteiger partial charge in [-0.15, -0.1) is 0 Å². The number of halogens is 3. The molecule has 11 heteroatoms. The number of amides is 2. The fourth-order valence-electron chi connectivity index (χ4n) is 3.12. The van der Waals surface area contributed by atoms with Crippen LogP contribution in [-0.2, 0) is 28.9 Å². The number of hydrogen-bond donors (Lipinski definition) is 3. The number of thioether (sulfide) groups is 1. The van der Waals surface area contributed by atoms with Crippen LogP contribution in [0.15, 0.2) is 42.5 Å². The van der Waals surface area contributed by atoms with Crippen molar-refractivity contribution in [3.05, 3.63) is 59.2 Å². The Hall–Kier alpha value is -3.05. The Morgan fingerprint density at radius 1 is 1.16 bits per heavy atom. The Morgan fingerprint density at radius 2 is 1.81 bits per heavy atom. The highest BCUT2D eigenvalue weighted by Crippen LogP contribution is 2.32. The number of carbonyl (C=O) groups is 3. The lowest BCUT2D eigenvalue weighted by Gasteiger charge is -2.16. The monoisotopic (exact) mass is 468 g/mol. The summed E-state index contributed by atoms with van der Waals surface area (Å²) < 4.78 is 44.8. The molecule has 2 aromatic carbocycles. The van der Waals surface area contributed by atoms with Gasteiger partial charge in [0.15, 0.2) is 0 Å². The number of ether oxygens (including phenoxy) is 1. The largest absolute Gasteiger partial charge is 0.480 e. The van der Waals surface area contributed by atoms with Gasteiger partial charge in [0.05, 0.1) is 11.7 Å². The number of carbonyl (C=O) groups excluding carboxylic acids is 2. The van der Waals surface area contributed by atoms with Crippen molar-refractivity contribution in [2.75, 3.05) is 0 Å². The lowest BCUT2D eigenvalue weighted by molar-refractivity contribution is -0.138. The second kappa shape index (κ2) is 9.61. The van der Waals surface area contributed by atoms with Crippen LogP contribution in [0.25, 0.3) is 0 Å². The molecule has 32 heavy (non-hydrogen) atoms. The zero-order valence-corrected chi connectivity index (χ0v) is 17.3. The van der Waals surface area contributed by atoms with Gasteiger partial charge in [-0.25, -0.2) is 0 Å². The van der Waals surface area contributed by atoms with Gasteiger partial charge in [-0.1, -0.05) is 36.0 Å². The maximum absolute atomic E-state index is 13.1. The van der Waals surface area contributed by atoms with E-state index >= 15 is 0 Å². The lowest BCUT2D eigenvalue weighted by Crippen LogP contribution is -2.32. The normalized spacial score (nSPS) is 17.2. The van der Waals surface area contributed by atoms with E-state index in [4.69, 9.17) is 15.6 Å². The number of imide groups is 1. The van der Waals surface area contributed by atoms with Crippen molar-refractivity contribution in [2.24, 2.45) is 5.73 Å². The molecule has 0 spiro atoms. The molecule has 0 bridgehead atoms. The number of nitrogens with one attached hydrogen (secondary N) is 1. The number of aliphatic carboxylic acids is 1. The van der Waals surface area contributed by atoms with Gasteiger partial charge in [-0.3, -0.25) is 19.7 Å². The smallest absolute Gasteiger partial charge is 0.393 e. The first kappa shape index (κ1) is 23.6. The van der Waals surface area contributed by atoms with Crippen LogP contribution in [0.3, 0.4) is 0 Å². The second-order valence-corrected chi connectivity index (χ2v) is 8.39. The predicted molar refractivity (Wildman–Crippen MR) is 111 cm³/mol. The summed E-state index contributed by atoms with van der Waals surface area (Å²) in [7, 11) is 0. The number of alkyl halides is 3. The Kier molecular flexibility index (Phi) is 7.09. The summed E-state index contributed by atoms with van der Waals surface area (Å²) in [5.74, 6) is -1.34. The topological polar surface area (TPSA) is 119 Å². The Morgan fingerprint density at radius 3 is 2.38 bits per heavy atom. The number of nitrogens with two attached hydrogens (primary N) is 1. The highest BCUT2D eigenvalue weighted by atomic mass is 32.2. The molecular formula is C21H19F3N2O5S. The van der Waals surface area contributed by atoms with Crippen LogP contribution in [0, 0.1) is 0 Å². The summed E-state index contributed by atoms with van der Waals surface area (Å²) in [6.45, 7) is 0. The van der Waals surface area contributed by atoms with E-state index in [2.05, 4.69) is 5.32 Å². The lowest BCUT2D eigenvalue weighted by atomic mass is 10.0. The number of benzene rings is 2. The van der Waals surface area contributed by atoms with E-state index in [0.29, 0.717) is 12.0 Å². The van der Waals surface area contributed by atoms with E-state index in [-0.39, 0.29) is 29.4 Å². The van der Waals surface area contributed by atoms with E-state index in [9.17, 15) is 27.6 Å². The summed E-state index contributed by atoms with van der Waals surface area (Å²) in [5.41, 5.74) is 6.44. The number of hydrogen-bond acceptors (Lipinski definition) is 6. The summed E-state index contributed by atoms with van der Waals surface area (Å²) >= 11 is 0.907. The van der Waals surface area contributed by atoms with Gasteiger partial charge in [0.1, 0.15) is 17.5 Å². The highest BCUT2D eigenvalue weighted by molar-refractivity contribution is 8.15. The molecule has 0 aromatic heterocycles. The average Bonchev–Trinajstić information content (AvgIpc) is 3.00. The summed E-state index contributed by atoms with van der Waals surface area (Å²) in [5, 5.41) is 10.2. The molecule has 2 amide bonds. The Balaban J connectivity index is 1.75. The van der Waals surface area contributed by atoms with Gasteiger partial charge >= 0.3 is 12.1 Å². The summed E-state index contributed by atoms with van der Waals surface area (Å²) in [6, 6.07) is 9.27. The highest BCUT2D eigenvalue weighted by Gasteiger charge is 2.32. The van der Waals surface area contributed by atoms with Crippen LogP contribution < -0.4 is 15.8 Å². The fraction of sp³-hybridized carbons (Fsp3) is 0.286. The van der Waals surface area contributed by atoms with Gasteiger partial charge in [0, 0.05) is 5.56 Å². The summed E-state index contributed by atoms with van der Waals surface area (Å²) in [6.07, 6.45) is -5.55. The van der Waals surface area contributed by atoms with E-state index in [1.807, 2.05) is 0 Å². The molecule has 2 atom stereocenters. The molecule has 1 saturated heterocycles. The van der Waals surface area contributed by atoms with Crippen molar-refractivity contribution < 1.29 is 37.4 Å². The molecule has 170 valence electrons. The average molecular weight is 468 g/mol. The van der Waals surface area contributed by atoms with Crippen molar-refractivity contribution in [3.63, 3.8) is 0 Å². The molecule has 0 aliphatic carbocycles. The maximum Gasteiger partial charge on any atom is 0.393 e. The van der Waals surface area contributed by atoms with E-state index in [1.165, 1.54) is 18.2 Å². The van der Waals surface area contributed by atoms with Crippen molar-refractivity contribution in [2.45, 2.75) is 36.7 Å². The summed E-state index contributed by atoms with van der Waals surface area (Å²) in [4.78, 5) is 33.9. The number of rotatable bonds is 8. The molecule has 3 rings (SSSR count). The first-order valence-corrected chi connectivity index (χ1v) is 10.3. The Bertz CT molecular complexity index is 1030. The maximum atomic E-state index is 13.1. The van der Waals surface area contributed by atoms with Crippen molar-refractivity contribution in [1.29, 1.82) is 0 Å². The SMILES string of the molecule is NC(Cc1ccc(Oc2ccc(CC3SC(=O)NC3=O)cc2)c(CC(F)(F)F)c1)C(=O)O. The van der Waals surface area contributed by atoms with E-state index < -0.39 is 35.1 Å². The number of carboxylic acid groups (broad SMARTS) is 1. The van der Waals surface area contributed by atoms with E-state index in [0.717, 1.165) is 17.3 Å². The minimum atomic E-state index is -4.49. The third-order valence-electron chi connectivity index (χ3n) is 4.63. The molecule has 0 radical (unpaired) electrons. The van der Waals surface area contributed by atoms with E-state index in [1.54, 1.807) is 24.3 Å². The first-order chi connectivity index (χ1) is 15.0. The van der Waals surface area contributed by atoms with Crippen LogP contribution >= 0.6 is 11.8 Å². The van der Waals surface area contributed by atoms with Gasteiger partial charge in [-0.05, 0) is 42.2 Å². The number of carboxylic acids is 1. The van der Waals surface area contributed by atoms with Gasteiger partial charge in [-0.2, -0.15) is 13.2 Å². The second-order valence-electron chi connectivity index (χ2n) is 7.22. The first-order valence-electron chi connectivity index (χ1n) is 9.45. The zero-order valence-electron chi connectivity index (χ0n) is 16.5. The molecule has 1 aliphatic heterocycles.